The smallest absolute Gasteiger partial charge is 0.138 e. The van der Waals surface area contributed by atoms with Crippen molar-refractivity contribution in [3.05, 3.63) is 157 Å². The van der Waals surface area contributed by atoms with E-state index in [4.69, 9.17) is 5.79 Å². The number of para-hydroxylation sites is 1. The van der Waals surface area contributed by atoms with E-state index < -0.39 is 0 Å². The summed E-state index contributed by atoms with van der Waals surface area (Å²) in [6.45, 7) is 4.46. The molecule has 0 aliphatic heterocycles. The largest absolute Gasteiger partial charge is 0.456 e. The van der Waals surface area contributed by atoms with Crippen molar-refractivity contribution < 1.29 is 5.79 Å². The first-order chi connectivity index (χ1) is 23.1. The third kappa shape index (κ3) is 4.02. The van der Waals surface area contributed by atoms with Crippen LogP contribution in [0.3, 0.4) is 0 Å². The van der Waals surface area contributed by atoms with Gasteiger partial charge in [-0.3, -0.25) is 0 Å². The van der Waals surface area contributed by atoms with Gasteiger partial charge >= 0.3 is 0 Å². The van der Waals surface area contributed by atoms with Crippen LogP contribution in [-0.4, -0.2) is 0 Å². The van der Waals surface area contributed by atoms with Crippen molar-refractivity contribution in [2.24, 2.45) is 0 Å². The van der Waals surface area contributed by atoms with E-state index in [-0.39, 0.29) is 0 Å². The lowest BCUT2D eigenvalue weighted by Crippen LogP contribution is -1.93. The predicted molar refractivity (Wildman–Crippen MR) is 197 cm³/mol. The molecule has 0 N–H and O–H groups in total. The monoisotopic (exact) mass is 589 g/mol. The predicted octanol–water partition coefficient (Wildman–Crippen LogP) is 13.2. The molecule has 0 unspecified atom stereocenters. The fourth-order valence-electron chi connectivity index (χ4n) is 7.49. The van der Waals surface area contributed by atoms with Crippen molar-refractivity contribution in [1.29, 1.82) is 0 Å². The van der Waals surface area contributed by atoms with Crippen molar-refractivity contribution in [3.8, 4) is 33.4 Å². The molecule has 9 rings (SSSR count). The van der Waals surface area contributed by atoms with Crippen LogP contribution in [0.25, 0.3) is 87.6 Å². The van der Waals surface area contributed by atoms with Gasteiger partial charge in [0.25, 0.3) is 0 Å². The fraction of sp³-hybridized carbons (Fsp3) is 0.0667. The number of rotatable bonds is 4. The molecule has 0 fully saturated rings. The maximum absolute atomic E-state index is 8.07. The van der Waals surface area contributed by atoms with E-state index in [1.54, 1.807) is 0 Å². The van der Waals surface area contributed by atoms with Crippen molar-refractivity contribution in [3.63, 3.8) is 0 Å². The first-order valence-electron chi connectivity index (χ1n) is 16.5. The van der Waals surface area contributed by atoms with Gasteiger partial charge in [0, 0.05) is 10.8 Å². The van der Waals surface area contributed by atoms with Gasteiger partial charge in [-0.05, 0) is 89.3 Å². The Morgan fingerprint density at radius 2 is 1.11 bits per heavy atom. The van der Waals surface area contributed by atoms with E-state index in [9.17, 15) is 0 Å². The fourth-order valence-corrected chi connectivity index (χ4v) is 7.49. The third-order valence-corrected chi connectivity index (χ3v) is 9.57. The Balaban J connectivity index is 1.37. The molecule has 0 aliphatic rings. The van der Waals surface area contributed by atoms with Crippen LogP contribution in [0, 0.1) is 0 Å². The summed E-state index contributed by atoms with van der Waals surface area (Å²) in [4.78, 5) is 0. The van der Waals surface area contributed by atoms with E-state index in [0.717, 1.165) is 21.9 Å². The van der Waals surface area contributed by atoms with Gasteiger partial charge in [-0.25, -0.2) is 0 Å². The van der Waals surface area contributed by atoms with Gasteiger partial charge in [0.2, 0.25) is 0 Å². The number of hydrogen-bond donors (Lipinski definition) is 0. The Morgan fingerprint density at radius 1 is 0.500 bits per heavy atom. The van der Waals surface area contributed by atoms with E-state index in [0.29, 0.717) is 12.0 Å². The Hall–Kier alpha value is -5.66. The number of fused-ring (bicyclic) bond motifs is 6. The van der Waals surface area contributed by atoms with Gasteiger partial charge in [0.15, 0.2) is 0 Å². The van der Waals surface area contributed by atoms with E-state index >= 15 is 0 Å². The van der Waals surface area contributed by atoms with Crippen LogP contribution in [0.5, 0.6) is 0 Å². The van der Waals surface area contributed by atoms with Crippen LogP contribution in [0.2, 0.25) is 0 Å². The molecule has 0 spiro atoms. The van der Waals surface area contributed by atoms with Crippen LogP contribution in [0.15, 0.2) is 156 Å². The minimum Gasteiger partial charge on any atom is -0.456 e. The Kier molecular flexibility index (Phi) is 5.83. The SMILES string of the molecule is [2H]c1ccc2cc(-c3ccccc3-c3c4ccccc4c(-c4cccc5oc6c(C(C)C)cccc6c45)c4ccccc34)ccc2c1. The second kappa shape index (κ2) is 10.5. The van der Waals surface area contributed by atoms with Gasteiger partial charge in [-0.1, -0.05) is 153 Å². The standard InChI is InChI=1S/C45H32O/c1-28(2)32-21-11-23-40-44-39(22-12-24-41(44)46-45(32)40)43-37-19-9-7-17-35(37)42(36-18-8-10-20-38(36)43)34-16-6-5-15-33(34)31-26-25-29-13-3-4-14-30(29)27-31/h3-28H,1-2H3/i3D. The van der Waals surface area contributed by atoms with E-state index in [2.05, 4.69) is 141 Å². The average Bonchev–Trinajstić information content (AvgIpc) is 3.50. The maximum atomic E-state index is 8.07. The van der Waals surface area contributed by atoms with Gasteiger partial charge in [-0.2, -0.15) is 0 Å². The molecule has 0 atom stereocenters. The summed E-state index contributed by atoms with van der Waals surface area (Å²) in [5.41, 5.74) is 10.4. The first kappa shape index (κ1) is 25.6. The highest BCUT2D eigenvalue weighted by Crippen LogP contribution is 2.48. The molecular weight excluding hydrogens is 556 g/mol. The molecule has 0 saturated heterocycles. The molecule has 1 heteroatoms. The summed E-state index contributed by atoms with van der Waals surface area (Å²) >= 11 is 0. The molecule has 8 aromatic carbocycles. The molecule has 9 aromatic rings. The van der Waals surface area contributed by atoms with Crippen LogP contribution in [0.1, 0.15) is 26.7 Å². The van der Waals surface area contributed by atoms with E-state index in [1.807, 2.05) is 18.2 Å². The Labute approximate surface area is 269 Å². The van der Waals surface area contributed by atoms with Gasteiger partial charge < -0.3 is 4.42 Å². The molecule has 218 valence electrons. The molecule has 0 bridgehead atoms. The first-order valence-corrected chi connectivity index (χ1v) is 16.0. The zero-order valence-corrected chi connectivity index (χ0v) is 25.8. The second-order valence-electron chi connectivity index (χ2n) is 12.5. The average molecular weight is 590 g/mol. The molecule has 0 saturated carbocycles. The van der Waals surface area contributed by atoms with E-state index in [1.165, 1.54) is 71.3 Å². The van der Waals surface area contributed by atoms with Crippen molar-refractivity contribution in [2.75, 3.05) is 0 Å². The summed E-state index contributed by atoms with van der Waals surface area (Å²) in [6.07, 6.45) is 0. The van der Waals surface area contributed by atoms with Crippen LogP contribution in [-0.2, 0) is 0 Å². The third-order valence-electron chi connectivity index (χ3n) is 9.57. The highest BCUT2D eigenvalue weighted by atomic mass is 16.3. The van der Waals surface area contributed by atoms with Crippen molar-refractivity contribution >= 4 is 54.3 Å². The van der Waals surface area contributed by atoms with Crippen LogP contribution < -0.4 is 0 Å². The maximum Gasteiger partial charge on any atom is 0.138 e. The molecule has 0 radical (unpaired) electrons. The number of furan rings is 1. The Morgan fingerprint density at radius 3 is 1.83 bits per heavy atom. The molecule has 0 amide bonds. The van der Waals surface area contributed by atoms with Crippen molar-refractivity contribution in [1.82, 2.24) is 0 Å². The van der Waals surface area contributed by atoms with Gasteiger partial charge in [0.1, 0.15) is 11.2 Å². The Bertz CT molecular complexity index is 2620. The molecular formula is C45H32O. The summed E-state index contributed by atoms with van der Waals surface area (Å²) in [5.74, 6) is 0.362. The molecule has 1 nitrogen and oxygen atoms in total. The molecule has 1 aromatic heterocycles. The lowest BCUT2D eigenvalue weighted by atomic mass is 9.83. The zero-order chi connectivity index (χ0) is 31.6. The molecule has 1 heterocycles. The molecule has 46 heavy (non-hydrogen) atoms. The minimum absolute atomic E-state index is 0.362. The normalized spacial score (nSPS) is 12.2. The summed E-state index contributed by atoms with van der Waals surface area (Å²) < 4.78 is 14.7. The summed E-state index contributed by atoms with van der Waals surface area (Å²) in [6, 6.07) is 52.5. The van der Waals surface area contributed by atoms with Crippen LogP contribution in [0.4, 0.5) is 0 Å². The minimum atomic E-state index is 0.362. The van der Waals surface area contributed by atoms with Gasteiger partial charge in [-0.15, -0.1) is 0 Å². The van der Waals surface area contributed by atoms with Crippen molar-refractivity contribution in [2.45, 2.75) is 19.8 Å². The molecule has 0 aliphatic carbocycles. The summed E-state index contributed by atoms with van der Waals surface area (Å²) in [5, 5.41) is 9.44. The van der Waals surface area contributed by atoms with Crippen LogP contribution >= 0.6 is 0 Å². The zero-order valence-electron chi connectivity index (χ0n) is 26.8. The second-order valence-corrected chi connectivity index (χ2v) is 12.5. The highest BCUT2D eigenvalue weighted by Gasteiger charge is 2.22. The highest BCUT2D eigenvalue weighted by molar-refractivity contribution is 6.26. The number of benzene rings is 8. The van der Waals surface area contributed by atoms with Gasteiger partial charge in [0.05, 0.1) is 1.37 Å². The lowest BCUT2D eigenvalue weighted by molar-refractivity contribution is 0.657. The summed E-state index contributed by atoms with van der Waals surface area (Å²) in [7, 11) is 0. The quantitative estimate of drug-likeness (QED) is 0.186. The number of hydrogen-bond acceptors (Lipinski definition) is 1. The lowest BCUT2D eigenvalue weighted by Gasteiger charge is -2.20. The topological polar surface area (TPSA) is 13.1 Å².